The highest BCUT2D eigenvalue weighted by molar-refractivity contribution is 5.04. The van der Waals surface area contributed by atoms with Crippen LogP contribution in [-0.2, 0) is 0 Å². The minimum atomic E-state index is -3.03. The predicted octanol–water partition coefficient (Wildman–Crippen LogP) is 3.61. The van der Waals surface area contributed by atoms with Crippen molar-refractivity contribution in [1.82, 2.24) is 0 Å². The van der Waals surface area contributed by atoms with Crippen LogP contribution in [0.25, 0.3) is 0 Å². The monoisotopic (exact) mass is 224 g/mol. The summed E-state index contributed by atoms with van der Waals surface area (Å²) in [7, 11) is 0. The first-order chi connectivity index (χ1) is 6.85. The Morgan fingerprint density at radius 3 is 2.20 bits per heavy atom. The third-order valence-electron chi connectivity index (χ3n) is 4.13. The maximum Gasteiger partial charge on any atom is 0.256 e. The molecule has 0 spiro atoms. The van der Waals surface area contributed by atoms with Crippen LogP contribution < -0.4 is 0 Å². The Labute approximate surface area is 87.0 Å². The van der Waals surface area contributed by atoms with Crippen LogP contribution in [0.4, 0.5) is 17.6 Å². The molecular formula is C11H16F4. The fourth-order valence-corrected chi connectivity index (χ4v) is 3.24. The van der Waals surface area contributed by atoms with Crippen LogP contribution in [0.1, 0.15) is 26.7 Å². The molecule has 2 aliphatic carbocycles. The number of hydrogen-bond donors (Lipinski definition) is 0. The molecule has 0 heterocycles. The Hall–Kier alpha value is -0.280. The van der Waals surface area contributed by atoms with Gasteiger partial charge in [0.05, 0.1) is 5.92 Å². The van der Waals surface area contributed by atoms with Gasteiger partial charge in [-0.2, -0.15) is 0 Å². The molecule has 0 aromatic heterocycles. The minimum Gasteiger partial charge on any atom is -0.244 e. The molecule has 6 atom stereocenters. The highest BCUT2D eigenvalue weighted by Gasteiger charge is 2.62. The second-order valence-electron chi connectivity index (χ2n) is 5.20. The summed E-state index contributed by atoms with van der Waals surface area (Å²) < 4.78 is 54.2. The van der Waals surface area contributed by atoms with E-state index >= 15 is 0 Å². The Bertz CT molecular complexity index is 251. The van der Waals surface area contributed by atoms with E-state index in [0.717, 1.165) is 0 Å². The third kappa shape index (κ3) is 1.48. The molecule has 0 saturated heterocycles. The normalized spacial score (nSPS) is 54.0. The van der Waals surface area contributed by atoms with Crippen molar-refractivity contribution in [1.29, 1.82) is 0 Å². The average molecular weight is 224 g/mol. The van der Waals surface area contributed by atoms with E-state index in [0.29, 0.717) is 12.8 Å². The number of fused-ring (bicyclic) bond motifs is 1. The van der Waals surface area contributed by atoms with Crippen LogP contribution >= 0.6 is 0 Å². The Morgan fingerprint density at radius 2 is 1.60 bits per heavy atom. The van der Waals surface area contributed by atoms with Gasteiger partial charge >= 0.3 is 0 Å². The van der Waals surface area contributed by atoms with Gasteiger partial charge in [0, 0.05) is 5.92 Å². The van der Waals surface area contributed by atoms with Crippen LogP contribution in [0.3, 0.4) is 0 Å². The Kier molecular flexibility index (Phi) is 2.51. The zero-order valence-corrected chi connectivity index (χ0v) is 8.89. The largest absolute Gasteiger partial charge is 0.256 e. The summed E-state index contributed by atoms with van der Waals surface area (Å²) in [4.78, 5) is 0. The summed E-state index contributed by atoms with van der Waals surface area (Å²) in [5, 5.41) is 0. The molecule has 4 heteroatoms. The van der Waals surface area contributed by atoms with E-state index in [1.807, 2.05) is 0 Å². The summed E-state index contributed by atoms with van der Waals surface area (Å²) in [6, 6.07) is 0. The summed E-state index contributed by atoms with van der Waals surface area (Å²) in [6.45, 7) is 3.04. The molecule has 2 rings (SSSR count). The van der Waals surface area contributed by atoms with Crippen molar-refractivity contribution < 1.29 is 17.6 Å². The molecule has 0 aromatic rings. The number of hydrogen-bond acceptors (Lipinski definition) is 0. The predicted molar refractivity (Wildman–Crippen MR) is 49.3 cm³/mol. The lowest BCUT2D eigenvalue weighted by Gasteiger charge is -2.37. The molecule has 2 saturated carbocycles. The van der Waals surface area contributed by atoms with Gasteiger partial charge in [-0.3, -0.25) is 0 Å². The van der Waals surface area contributed by atoms with Crippen molar-refractivity contribution in [3.05, 3.63) is 0 Å². The maximum atomic E-state index is 13.6. The second kappa shape index (κ2) is 3.36. The molecule has 0 radical (unpaired) electrons. The fourth-order valence-electron chi connectivity index (χ4n) is 3.24. The van der Waals surface area contributed by atoms with Gasteiger partial charge in [-0.25, -0.2) is 17.6 Å². The van der Waals surface area contributed by atoms with Gasteiger partial charge in [-0.05, 0) is 24.7 Å². The number of rotatable bonds is 0. The third-order valence-corrected chi connectivity index (χ3v) is 4.13. The topological polar surface area (TPSA) is 0 Å². The first-order valence-electron chi connectivity index (χ1n) is 5.51. The number of halogens is 4. The molecule has 0 nitrogen and oxygen atoms in total. The molecule has 6 unspecified atom stereocenters. The Morgan fingerprint density at radius 1 is 1.00 bits per heavy atom. The van der Waals surface area contributed by atoms with Gasteiger partial charge in [-0.1, -0.05) is 13.8 Å². The standard InChI is InChI=1S/C11H16F4/c1-5-3-7-4-6(2)11(14,15)8(7)10(13)9(5)12/h5-10H,3-4H2,1-2H3. The second-order valence-corrected chi connectivity index (χ2v) is 5.20. The first-order valence-corrected chi connectivity index (χ1v) is 5.51. The molecule has 2 fully saturated rings. The molecule has 0 bridgehead atoms. The summed E-state index contributed by atoms with van der Waals surface area (Å²) >= 11 is 0. The van der Waals surface area contributed by atoms with E-state index < -0.39 is 36.0 Å². The molecule has 0 N–H and O–H groups in total. The smallest absolute Gasteiger partial charge is 0.244 e. The highest BCUT2D eigenvalue weighted by Crippen LogP contribution is 2.56. The van der Waals surface area contributed by atoms with Gasteiger partial charge in [0.25, 0.3) is 5.92 Å². The van der Waals surface area contributed by atoms with E-state index in [1.165, 1.54) is 6.92 Å². The van der Waals surface area contributed by atoms with Crippen molar-refractivity contribution in [3.63, 3.8) is 0 Å². The van der Waals surface area contributed by atoms with Crippen LogP contribution in [-0.4, -0.2) is 18.3 Å². The molecule has 88 valence electrons. The van der Waals surface area contributed by atoms with Gasteiger partial charge in [-0.15, -0.1) is 0 Å². The van der Waals surface area contributed by atoms with E-state index in [9.17, 15) is 17.6 Å². The van der Waals surface area contributed by atoms with Crippen LogP contribution in [0.2, 0.25) is 0 Å². The van der Waals surface area contributed by atoms with Crippen molar-refractivity contribution in [2.75, 3.05) is 0 Å². The zero-order chi connectivity index (χ0) is 11.4. The van der Waals surface area contributed by atoms with E-state index in [1.54, 1.807) is 6.92 Å². The lowest BCUT2D eigenvalue weighted by atomic mass is 9.73. The van der Waals surface area contributed by atoms with Crippen molar-refractivity contribution >= 4 is 0 Å². The van der Waals surface area contributed by atoms with Crippen LogP contribution in [0.5, 0.6) is 0 Å². The van der Waals surface area contributed by atoms with Crippen molar-refractivity contribution in [2.24, 2.45) is 23.7 Å². The highest BCUT2D eigenvalue weighted by atomic mass is 19.3. The van der Waals surface area contributed by atoms with Gasteiger partial charge in [0.2, 0.25) is 0 Å². The molecule has 15 heavy (non-hydrogen) atoms. The first kappa shape index (κ1) is 11.2. The van der Waals surface area contributed by atoms with E-state index in [-0.39, 0.29) is 5.92 Å². The quantitative estimate of drug-likeness (QED) is 0.551. The SMILES string of the molecule is CC1CC2CC(C)C(F)(F)C2C(F)C1F. The molecular weight excluding hydrogens is 208 g/mol. The van der Waals surface area contributed by atoms with Gasteiger partial charge in [0.15, 0.2) is 0 Å². The lowest BCUT2D eigenvalue weighted by molar-refractivity contribution is -0.131. The van der Waals surface area contributed by atoms with Crippen LogP contribution in [0.15, 0.2) is 0 Å². The molecule has 0 aromatic carbocycles. The summed E-state index contributed by atoms with van der Waals surface area (Å²) in [5.74, 6) is -6.01. The lowest BCUT2D eigenvalue weighted by Crippen LogP contribution is -2.47. The summed E-state index contributed by atoms with van der Waals surface area (Å²) in [6.07, 6.45) is -2.98. The van der Waals surface area contributed by atoms with Gasteiger partial charge in [0.1, 0.15) is 12.3 Å². The van der Waals surface area contributed by atoms with Crippen LogP contribution in [0, 0.1) is 23.7 Å². The van der Waals surface area contributed by atoms with E-state index in [2.05, 4.69) is 0 Å². The molecule has 0 aliphatic heterocycles. The Balaban J connectivity index is 2.27. The van der Waals surface area contributed by atoms with Crippen molar-refractivity contribution in [2.45, 2.75) is 45.0 Å². The minimum absolute atomic E-state index is 0.329. The summed E-state index contributed by atoms with van der Waals surface area (Å²) in [5.41, 5.74) is 0. The maximum absolute atomic E-state index is 13.6. The zero-order valence-electron chi connectivity index (χ0n) is 8.89. The number of alkyl halides is 4. The van der Waals surface area contributed by atoms with Crippen molar-refractivity contribution in [3.8, 4) is 0 Å². The van der Waals surface area contributed by atoms with Gasteiger partial charge < -0.3 is 0 Å². The average Bonchev–Trinajstić information content (AvgIpc) is 2.34. The molecule has 0 amide bonds. The van der Waals surface area contributed by atoms with E-state index in [4.69, 9.17) is 0 Å². The molecule has 2 aliphatic rings. The fraction of sp³-hybridized carbons (Fsp3) is 1.00.